The molecular weight excluding hydrogens is 294 g/mol. The summed E-state index contributed by atoms with van der Waals surface area (Å²) in [6.07, 6.45) is 15.8. The lowest BCUT2D eigenvalue weighted by Gasteiger charge is -2.17. The molecule has 24 heavy (non-hydrogen) atoms. The molecule has 2 rings (SSSR count). The van der Waals surface area contributed by atoms with Gasteiger partial charge in [-0.25, -0.2) is 0 Å². The van der Waals surface area contributed by atoms with Gasteiger partial charge in [-0.3, -0.25) is 4.99 Å². The van der Waals surface area contributed by atoms with E-state index in [4.69, 9.17) is 0 Å². The number of anilines is 1. The van der Waals surface area contributed by atoms with E-state index in [0.717, 1.165) is 18.7 Å². The zero-order chi connectivity index (χ0) is 17.0. The smallest absolute Gasteiger partial charge is 0.0366 e. The summed E-state index contributed by atoms with van der Waals surface area (Å²) >= 11 is 0. The number of nitrogens with zero attached hydrogens (tertiary/aromatic N) is 2. The Morgan fingerprint density at radius 3 is 2.58 bits per heavy atom. The molecule has 0 aliphatic carbocycles. The van der Waals surface area contributed by atoms with Crippen molar-refractivity contribution in [2.75, 3.05) is 31.6 Å². The van der Waals surface area contributed by atoms with Crippen molar-refractivity contribution in [3.05, 3.63) is 59.8 Å². The molecule has 0 spiro atoms. The van der Waals surface area contributed by atoms with E-state index in [1.807, 2.05) is 12.2 Å². The highest BCUT2D eigenvalue weighted by Gasteiger charge is 2.11. The highest BCUT2D eigenvalue weighted by atomic mass is 15.1. The quantitative estimate of drug-likeness (QED) is 0.566. The second kappa shape index (κ2) is 10.5. The Balaban J connectivity index is 2.01. The average Bonchev–Trinajstić information content (AvgIpc) is 3.15. The molecule has 1 saturated heterocycles. The maximum Gasteiger partial charge on any atom is 0.0366 e. The van der Waals surface area contributed by atoms with Crippen LogP contribution in [0.2, 0.25) is 0 Å². The second-order valence-corrected chi connectivity index (χ2v) is 5.96. The van der Waals surface area contributed by atoms with Crippen LogP contribution in [0.25, 0.3) is 6.08 Å². The first-order chi connectivity index (χ1) is 11.8. The van der Waals surface area contributed by atoms with Gasteiger partial charge in [0.15, 0.2) is 0 Å². The van der Waals surface area contributed by atoms with Crippen LogP contribution >= 0.6 is 0 Å². The molecule has 0 atom stereocenters. The van der Waals surface area contributed by atoms with Crippen molar-refractivity contribution in [2.24, 2.45) is 4.99 Å². The Morgan fingerprint density at radius 1 is 1.17 bits per heavy atom. The molecule has 0 bridgehead atoms. The van der Waals surface area contributed by atoms with Crippen LogP contribution in [0.4, 0.5) is 5.69 Å². The van der Waals surface area contributed by atoms with E-state index in [0.29, 0.717) is 0 Å². The summed E-state index contributed by atoms with van der Waals surface area (Å²) in [5.74, 6) is 0. The van der Waals surface area contributed by atoms with E-state index in [2.05, 4.69) is 64.6 Å². The molecule has 1 aliphatic rings. The average molecular weight is 323 g/mol. The lowest BCUT2D eigenvalue weighted by atomic mass is 10.1. The number of hydrogen-bond acceptors (Lipinski definition) is 3. The van der Waals surface area contributed by atoms with Gasteiger partial charge in [0.05, 0.1) is 0 Å². The Bertz CT molecular complexity index is 588. The van der Waals surface area contributed by atoms with Gasteiger partial charge in [0.25, 0.3) is 0 Å². The Hall–Kier alpha value is -2.29. The fraction of sp³-hybridized carbons (Fsp3) is 0.381. The third kappa shape index (κ3) is 6.07. The molecule has 3 nitrogen and oxygen atoms in total. The number of nitrogens with one attached hydrogen (secondary N) is 1. The summed E-state index contributed by atoms with van der Waals surface area (Å²) in [7, 11) is 1.77. The maximum absolute atomic E-state index is 3.95. The van der Waals surface area contributed by atoms with Gasteiger partial charge in [-0.15, -0.1) is 0 Å². The van der Waals surface area contributed by atoms with Gasteiger partial charge >= 0.3 is 0 Å². The van der Waals surface area contributed by atoms with Gasteiger partial charge in [-0.2, -0.15) is 0 Å². The van der Waals surface area contributed by atoms with Gasteiger partial charge < -0.3 is 10.2 Å². The predicted octanol–water partition coefficient (Wildman–Crippen LogP) is 4.44. The van der Waals surface area contributed by atoms with Crippen LogP contribution in [0.1, 0.15) is 31.7 Å². The summed E-state index contributed by atoms with van der Waals surface area (Å²) in [4.78, 5) is 6.41. The Kier molecular flexibility index (Phi) is 7.88. The third-order valence-corrected chi connectivity index (χ3v) is 4.02. The minimum atomic E-state index is 0.972. The van der Waals surface area contributed by atoms with Crippen LogP contribution in [0.15, 0.2) is 59.3 Å². The summed E-state index contributed by atoms with van der Waals surface area (Å²) < 4.78 is 0. The van der Waals surface area contributed by atoms with E-state index < -0.39 is 0 Å². The van der Waals surface area contributed by atoms with Crippen molar-refractivity contribution in [3.8, 4) is 0 Å². The van der Waals surface area contributed by atoms with Crippen molar-refractivity contribution in [2.45, 2.75) is 26.2 Å². The number of hydrogen-bond donors (Lipinski definition) is 1. The summed E-state index contributed by atoms with van der Waals surface area (Å²) in [5, 5.41) is 3.44. The molecule has 1 aromatic carbocycles. The monoisotopic (exact) mass is 323 g/mol. The summed E-state index contributed by atoms with van der Waals surface area (Å²) in [5.41, 5.74) is 3.67. The number of rotatable bonds is 8. The molecule has 1 N–H and O–H groups in total. The zero-order valence-corrected chi connectivity index (χ0v) is 14.9. The summed E-state index contributed by atoms with van der Waals surface area (Å²) in [6.45, 7) is 5.53. The topological polar surface area (TPSA) is 27.6 Å². The summed E-state index contributed by atoms with van der Waals surface area (Å²) in [6, 6.07) is 8.85. The minimum Gasteiger partial charge on any atom is -0.385 e. The van der Waals surface area contributed by atoms with E-state index in [1.54, 1.807) is 13.3 Å². The molecule has 3 heteroatoms. The van der Waals surface area contributed by atoms with Crippen LogP contribution in [-0.2, 0) is 0 Å². The molecule has 0 aromatic heterocycles. The Morgan fingerprint density at radius 2 is 1.92 bits per heavy atom. The first kappa shape index (κ1) is 18.1. The first-order valence-corrected chi connectivity index (χ1v) is 8.89. The SMILES string of the molecule is CCCNC(=CC=CC=NC)/C=C/c1ccc(N2CCCC2)cc1. The van der Waals surface area contributed by atoms with Crippen molar-refractivity contribution >= 4 is 18.0 Å². The third-order valence-electron chi connectivity index (χ3n) is 4.02. The first-order valence-electron chi connectivity index (χ1n) is 8.89. The normalized spacial score (nSPS) is 16.1. The van der Waals surface area contributed by atoms with Crippen molar-refractivity contribution in [1.29, 1.82) is 0 Å². The van der Waals surface area contributed by atoms with Crippen molar-refractivity contribution < 1.29 is 0 Å². The molecule has 1 aliphatic heterocycles. The van der Waals surface area contributed by atoms with Crippen molar-refractivity contribution in [3.63, 3.8) is 0 Å². The molecule has 0 saturated carbocycles. The van der Waals surface area contributed by atoms with Crippen LogP contribution in [0.5, 0.6) is 0 Å². The van der Waals surface area contributed by atoms with E-state index >= 15 is 0 Å². The largest absolute Gasteiger partial charge is 0.385 e. The van der Waals surface area contributed by atoms with Gasteiger partial charge in [-0.05, 0) is 55.2 Å². The van der Waals surface area contributed by atoms with Crippen LogP contribution in [0.3, 0.4) is 0 Å². The number of benzene rings is 1. The minimum absolute atomic E-state index is 0.972. The molecule has 1 fully saturated rings. The lowest BCUT2D eigenvalue weighted by Crippen LogP contribution is -2.17. The van der Waals surface area contributed by atoms with Gasteiger partial charge in [0.2, 0.25) is 0 Å². The molecule has 1 heterocycles. The lowest BCUT2D eigenvalue weighted by molar-refractivity contribution is 0.785. The van der Waals surface area contributed by atoms with Gasteiger partial charge in [0, 0.05) is 44.3 Å². The van der Waals surface area contributed by atoms with Gasteiger partial charge in [-0.1, -0.05) is 31.2 Å². The van der Waals surface area contributed by atoms with Crippen LogP contribution in [0, 0.1) is 0 Å². The number of allylic oxidation sites excluding steroid dienone is 4. The zero-order valence-electron chi connectivity index (χ0n) is 14.9. The van der Waals surface area contributed by atoms with E-state index in [-0.39, 0.29) is 0 Å². The van der Waals surface area contributed by atoms with E-state index in [1.165, 1.54) is 37.2 Å². The Labute approximate surface area is 146 Å². The second-order valence-electron chi connectivity index (χ2n) is 5.96. The predicted molar refractivity (Wildman–Crippen MR) is 107 cm³/mol. The molecular formula is C21H29N3. The highest BCUT2D eigenvalue weighted by molar-refractivity contribution is 5.71. The fourth-order valence-corrected chi connectivity index (χ4v) is 2.70. The maximum atomic E-state index is 3.95. The van der Waals surface area contributed by atoms with Crippen molar-refractivity contribution in [1.82, 2.24) is 5.32 Å². The molecule has 128 valence electrons. The molecule has 0 unspecified atom stereocenters. The molecule has 0 amide bonds. The standard InChI is InChI=1S/C21H29N3/c1-3-15-23-20(8-4-5-16-22-2)12-9-19-10-13-21(14-11-19)24-17-6-7-18-24/h4-5,8-14,16,23H,3,6-7,15,17-18H2,1-2H3/b5-4?,12-9+,20-8?,22-16?. The van der Waals surface area contributed by atoms with Gasteiger partial charge in [0.1, 0.15) is 0 Å². The molecule has 0 radical (unpaired) electrons. The van der Waals surface area contributed by atoms with Crippen LogP contribution < -0.4 is 10.2 Å². The van der Waals surface area contributed by atoms with Crippen LogP contribution in [-0.4, -0.2) is 32.9 Å². The highest BCUT2D eigenvalue weighted by Crippen LogP contribution is 2.20. The number of aliphatic imine (C=N–C) groups is 1. The van der Waals surface area contributed by atoms with E-state index in [9.17, 15) is 0 Å². The molecule has 1 aromatic rings. The fourth-order valence-electron chi connectivity index (χ4n) is 2.70.